The molecule has 0 radical (unpaired) electrons. The number of carbonyl (C=O) groups excluding carboxylic acids is 1. The summed E-state index contributed by atoms with van der Waals surface area (Å²) in [5, 5.41) is 6.20. The summed E-state index contributed by atoms with van der Waals surface area (Å²) in [6, 6.07) is 11.2. The molecule has 0 saturated heterocycles. The van der Waals surface area contributed by atoms with Crippen LogP contribution in [0.4, 0.5) is 10.5 Å². The fourth-order valence-corrected chi connectivity index (χ4v) is 2.39. The van der Waals surface area contributed by atoms with Gasteiger partial charge in [-0.1, -0.05) is 35.9 Å². The molecule has 23 heavy (non-hydrogen) atoms. The highest BCUT2D eigenvalue weighted by atomic mass is 35.5. The third-order valence-electron chi connectivity index (χ3n) is 3.45. The first kappa shape index (κ1) is 17.2. The molecule has 5 heteroatoms. The summed E-state index contributed by atoms with van der Waals surface area (Å²) in [7, 11) is 0. The van der Waals surface area contributed by atoms with Crippen LogP contribution in [0.2, 0.25) is 5.02 Å². The van der Waals surface area contributed by atoms with Crippen molar-refractivity contribution >= 4 is 23.3 Å². The number of benzene rings is 2. The first-order chi connectivity index (χ1) is 11.0. The lowest BCUT2D eigenvalue weighted by Gasteiger charge is -2.13. The second-order valence-corrected chi connectivity index (χ2v) is 5.84. The van der Waals surface area contributed by atoms with Crippen molar-refractivity contribution in [1.29, 1.82) is 0 Å². The minimum absolute atomic E-state index is 0.249. The number of ether oxygens (including phenoxy) is 1. The van der Waals surface area contributed by atoms with Gasteiger partial charge in [-0.2, -0.15) is 0 Å². The topological polar surface area (TPSA) is 50.4 Å². The van der Waals surface area contributed by atoms with Crippen LogP contribution in [-0.2, 0) is 0 Å². The SMILES string of the molecule is Cc1ccc(Cl)c(OCCNC(=O)Nc2c(C)cccc2C)c1. The Kier molecular flexibility index (Phi) is 5.88. The molecule has 0 aliphatic heterocycles. The van der Waals surface area contributed by atoms with Gasteiger partial charge in [-0.25, -0.2) is 4.79 Å². The number of hydrogen-bond donors (Lipinski definition) is 2. The van der Waals surface area contributed by atoms with Crippen molar-refractivity contribution in [1.82, 2.24) is 5.32 Å². The number of hydrogen-bond acceptors (Lipinski definition) is 2. The summed E-state index contributed by atoms with van der Waals surface area (Å²) in [5.74, 6) is 0.628. The summed E-state index contributed by atoms with van der Waals surface area (Å²) < 4.78 is 5.59. The molecule has 0 aromatic heterocycles. The third-order valence-corrected chi connectivity index (χ3v) is 3.76. The largest absolute Gasteiger partial charge is 0.490 e. The number of rotatable bonds is 5. The number of anilines is 1. The number of nitrogens with one attached hydrogen (secondary N) is 2. The highest BCUT2D eigenvalue weighted by Gasteiger charge is 2.07. The predicted octanol–water partition coefficient (Wildman–Crippen LogP) is 4.47. The Labute approximate surface area is 141 Å². The van der Waals surface area contributed by atoms with Crippen LogP contribution in [0.3, 0.4) is 0 Å². The zero-order valence-electron chi connectivity index (χ0n) is 13.6. The molecule has 0 unspecified atom stereocenters. The zero-order chi connectivity index (χ0) is 16.8. The van der Waals surface area contributed by atoms with E-state index in [9.17, 15) is 4.79 Å². The Hall–Kier alpha value is -2.20. The average molecular weight is 333 g/mol. The molecule has 0 spiro atoms. The highest BCUT2D eigenvalue weighted by molar-refractivity contribution is 6.32. The minimum atomic E-state index is -0.249. The predicted molar refractivity (Wildman–Crippen MR) is 94.6 cm³/mol. The lowest BCUT2D eigenvalue weighted by Crippen LogP contribution is -2.32. The molecule has 122 valence electrons. The Morgan fingerprint density at radius 3 is 2.52 bits per heavy atom. The van der Waals surface area contributed by atoms with Crippen molar-refractivity contribution in [3.05, 3.63) is 58.1 Å². The minimum Gasteiger partial charge on any atom is -0.490 e. The fraction of sp³-hybridized carbons (Fsp3) is 0.278. The molecule has 4 nitrogen and oxygen atoms in total. The van der Waals surface area contributed by atoms with Gasteiger partial charge in [0.2, 0.25) is 0 Å². The Balaban J connectivity index is 1.80. The van der Waals surface area contributed by atoms with Crippen molar-refractivity contribution in [2.45, 2.75) is 20.8 Å². The average Bonchev–Trinajstić information content (AvgIpc) is 2.51. The number of aryl methyl sites for hydroxylation is 3. The van der Waals surface area contributed by atoms with Gasteiger partial charge < -0.3 is 15.4 Å². The Morgan fingerprint density at radius 1 is 1.13 bits per heavy atom. The summed E-state index contributed by atoms with van der Waals surface area (Å²) in [6.07, 6.45) is 0. The summed E-state index contributed by atoms with van der Waals surface area (Å²) in [4.78, 5) is 11.9. The normalized spacial score (nSPS) is 10.3. The second kappa shape index (κ2) is 7.88. The van der Waals surface area contributed by atoms with Gasteiger partial charge in [0.25, 0.3) is 0 Å². The van der Waals surface area contributed by atoms with Crippen molar-refractivity contribution in [3.63, 3.8) is 0 Å². The second-order valence-electron chi connectivity index (χ2n) is 5.43. The number of amides is 2. The van der Waals surface area contributed by atoms with Gasteiger partial charge in [0, 0.05) is 5.69 Å². The zero-order valence-corrected chi connectivity index (χ0v) is 14.3. The van der Waals surface area contributed by atoms with E-state index < -0.39 is 0 Å². The maximum Gasteiger partial charge on any atom is 0.319 e. The molecule has 0 fully saturated rings. The van der Waals surface area contributed by atoms with E-state index in [1.165, 1.54) is 0 Å². The van der Waals surface area contributed by atoms with Gasteiger partial charge in [-0.15, -0.1) is 0 Å². The molecular weight excluding hydrogens is 312 g/mol. The van der Waals surface area contributed by atoms with E-state index in [0.29, 0.717) is 23.9 Å². The fourth-order valence-electron chi connectivity index (χ4n) is 2.22. The van der Waals surface area contributed by atoms with Gasteiger partial charge in [0.05, 0.1) is 11.6 Å². The highest BCUT2D eigenvalue weighted by Crippen LogP contribution is 2.25. The van der Waals surface area contributed by atoms with E-state index in [-0.39, 0.29) is 6.03 Å². The Bertz CT molecular complexity index is 681. The Morgan fingerprint density at radius 2 is 1.83 bits per heavy atom. The summed E-state index contributed by atoms with van der Waals surface area (Å²) in [6.45, 7) is 6.64. The maximum absolute atomic E-state index is 11.9. The monoisotopic (exact) mass is 332 g/mol. The van der Waals surface area contributed by atoms with E-state index in [1.54, 1.807) is 6.07 Å². The maximum atomic E-state index is 11.9. The van der Waals surface area contributed by atoms with Crippen molar-refractivity contribution in [2.75, 3.05) is 18.5 Å². The van der Waals surface area contributed by atoms with E-state index in [4.69, 9.17) is 16.3 Å². The van der Waals surface area contributed by atoms with Gasteiger partial charge in [-0.3, -0.25) is 0 Å². The molecule has 2 rings (SSSR count). The molecule has 2 aromatic carbocycles. The van der Waals surface area contributed by atoms with Crippen LogP contribution in [0, 0.1) is 20.8 Å². The van der Waals surface area contributed by atoms with Crippen molar-refractivity contribution in [2.24, 2.45) is 0 Å². The van der Waals surface area contributed by atoms with Gasteiger partial charge >= 0.3 is 6.03 Å². The van der Waals surface area contributed by atoms with E-state index >= 15 is 0 Å². The number of urea groups is 1. The van der Waals surface area contributed by atoms with Crippen LogP contribution in [-0.4, -0.2) is 19.2 Å². The first-order valence-corrected chi connectivity index (χ1v) is 7.85. The molecule has 0 saturated carbocycles. The van der Waals surface area contributed by atoms with Crippen LogP contribution < -0.4 is 15.4 Å². The lowest BCUT2D eigenvalue weighted by atomic mass is 10.1. The van der Waals surface area contributed by atoms with Gasteiger partial charge in [0.15, 0.2) is 0 Å². The molecule has 2 N–H and O–H groups in total. The van der Waals surface area contributed by atoms with Crippen LogP contribution in [0.1, 0.15) is 16.7 Å². The lowest BCUT2D eigenvalue weighted by molar-refractivity contribution is 0.247. The van der Waals surface area contributed by atoms with Gasteiger partial charge in [0.1, 0.15) is 12.4 Å². The molecule has 0 bridgehead atoms. The molecule has 0 atom stereocenters. The first-order valence-electron chi connectivity index (χ1n) is 7.47. The van der Waals surface area contributed by atoms with E-state index in [2.05, 4.69) is 10.6 Å². The molecule has 0 heterocycles. The van der Waals surface area contributed by atoms with Crippen molar-refractivity contribution < 1.29 is 9.53 Å². The standard InChI is InChI=1S/C18H21ClN2O2/c1-12-7-8-15(19)16(11-12)23-10-9-20-18(22)21-17-13(2)5-4-6-14(17)3/h4-8,11H,9-10H2,1-3H3,(H2,20,21,22). The molecular formula is C18H21ClN2O2. The molecule has 0 aliphatic rings. The molecule has 0 aliphatic carbocycles. The number of para-hydroxylation sites is 1. The van der Waals surface area contributed by atoms with Gasteiger partial charge in [-0.05, 0) is 49.6 Å². The quantitative estimate of drug-likeness (QED) is 0.794. The summed E-state index contributed by atoms with van der Waals surface area (Å²) >= 11 is 6.06. The number of halogens is 1. The van der Waals surface area contributed by atoms with E-state index in [0.717, 1.165) is 22.4 Å². The molecule has 2 amide bonds. The van der Waals surface area contributed by atoms with Crippen LogP contribution >= 0.6 is 11.6 Å². The number of carbonyl (C=O) groups is 1. The molecule has 2 aromatic rings. The third kappa shape index (κ3) is 4.89. The van der Waals surface area contributed by atoms with Crippen LogP contribution in [0.5, 0.6) is 5.75 Å². The van der Waals surface area contributed by atoms with Crippen LogP contribution in [0.25, 0.3) is 0 Å². The van der Waals surface area contributed by atoms with E-state index in [1.807, 2.05) is 51.1 Å². The smallest absolute Gasteiger partial charge is 0.319 e. The van der Waals surface area contributed by atoms with Crippen LogP contribution in [0.15, 0.2) is 36.4 Å². The summed E-state index contributed by atoms with van der Waals surface area (Å²) in [5.41, 5.74) is 3.98. The van der Waals surface area contributed by atoms with Crippen molar-refractivity contribution in [3.8, 4) is 5.75 Å².